The van der Waals surface area contributed by atoms with Gasteiger partial charge < -0.3 is 9.68 Å². The second-order valence-corrected chi connectivity index (χ2v) is 9.03. The Morgan fingerprint density at radius 2 is 1.15 bits per heavy atom. The van der Waals surface area contributed by atoms with E-state index in [1.807, 2.05) is 0 Å². The summed E-state index contributed by atoms with van der Waals surface area (Å²) in [6.45, 7) is 9.09. The number of hydrogen-bond donors (Lipinski definition) is 0. The Hall–Kier alpha value is -1.06. The molecule has 6 unspecified atom stereocenters. The number of unbranched alkanes of at least 4 members (excludes halogenated alkanes) is 2. The summed E-state index contributed by atoms with van der Waals surface area (Å²) >= 11 is 0. The minimum absolute atomic E-state index is 0.432. The van der Waals surface area contributed by atoms with Crippen molar-refractivity contribution >= 4 is 11.4 Å². The standard InChI is InChI=1S/2C11H19NO/c2*1-3-4-5-10-9-6-8(2)7-11(9)13-12-10/h2*8-9,11H,3-7H2,1-2H3. The molecule has 4 nitrogen and oxygen atoms in total. The lowest BCUT2D eigenvalue weighted by atomic mass is 9.96. The summed E-state index contributed by atoms with van der Waals surface area (Å²) in [4.78, 5) is 10.9. The zero-order chi connectivity index (χ0) is 18.5. The first-order chi connectivity index (χ1) is 12.6. The largest absolute Gasteiger partial charge is 0.392 e. The lowest BCUT2D eigenvalue weighted by Gasteiger charge is -2.07. The Labute approximate surface area is 159 Å². The molecule has 2 aliphatic carbocycles. The van der Waals surface area contributed by atoms with Gasteiger partial charge in [0.1, 0.15) is 12.2 Å². The predicted octanol–water partition coefficient (Wildman–Crippen LogP) is 5.96. The third-order valence-electron chi connectivity index (χ3n) is 6.52. The van der Waals surface area contributed by atoms with Crippen LogP contribution in [0.5, 0.6) is 0 Å². The van der Waals surface area contributed by atoms with Gasteiger partial charge in [0.25, 0.3) is 0 Å². The summed E-state index contributed by atoms with van der Waals surface area (Å²) in [6.07, 6.45) is 13.2. The summed E-state index contributed by atoms with van der Waals surface area (Å²) in [7, 11) is 0. The quantitative estimate of drug-likeness (QED) is 0.585. The molecule has 6 atom stereocenters. The van der Waals surface area contributed by atoms with Crippen LogP contribution in [-0.4, -0.2) is 23.6 Å². The van der Waals surface area contributed by atoms with Crippen LogP contribution in [0.3, 0.4) is 0 Å². The number of fused-ring (bicyclic) bond motifs is 2. The Morgan fingerprint density at radius 1 is 0.731 bits per heavy atom. The lowest BCUT2D eigenvalue weighted by molar-refractivity contribution is 0.0720. The first kappa shape index (κ1) is 19.7. The Kier molecular flexibility index (Phi) is 6.99. The van der Waals surface area contributed by atoms with Crippen molar-refractivity contribution in [1.82, 2.24) is 0 Å². The van der Waals surface area contributed by atoms with Crippen molar-refractivity contribution in [3.8, 4) is 0 Å². The maximum atomic E-state index is 5.44. The summed E-state index contributed by atoms with van der Waals surface area (Å²) in [5, 5.41) is 8.42. The van der Waals surface area contributed by atoms with Gasteiger partial charge in [-0.15, -0.1) is 0 Å². The van der Waals surface area contributed by atoms with Gasteiger partial charge in [0.2, 0.25) is 0 Å². The van der Waals surface area contributed by atoms with Crippen LogP contribution in [-0.2, 0) is 9.68 Å². The lowest BCUT2D eigenvalue weighted by Crippen LogP contribution is -2.16. The van der Waals surface area contributed by atoms with Gasteiger partial charge in [-0.25, -0.2) is 0 Å². The van der Waals surface area contributed by atoms with E-state index in [0.29, 0.717) is 24.0 Å². The minimum atomic E-state index is 0.432. The molecule has 4 heteroatoms. The smallest absolute Gasteiger partial charge is 0.135 e. The molecule has 0 spiro atoms. The van der Waals surface area contributed by atoms with Gasteiger partial charge in [-0.3, -0.25) is 0 Å². The molecule has 4 aliphatic rings. The molecule has 2 saturated carbocycles. The monoisotopic (exact) mass is 362 g/mol. The van der Waals surface area contributed by atoms with E-state index < -0.39 is 0 Å². The van der Waals surface area contributed by atoms with E-state index in [0.717, 1.165) is 24.7 Å². The molecule has 148 valence electrons. The summed E-state index contributed by atoms with van der Waals surface area (Å²) in [5.74, 6) is 3.01. The predicted molar refractivity (Wildman–Crippen MR) is 107 cm³/mol. The molecular formula is C22H38N2O2. The van der Waals surface area contributed by atoms with Gasteiger partial charge in [-0.1, -0.05) is 50.8 Å². The van der Waals surface area contributed by atoms with Crippen molar-refractivity contribution in [2.75, 3.05) is 0 Å². The average molecular weight is 363 g/mol. The molecule has 2 heterocycles. The highest BCUT2D eigenvalue weighted by atomic mass is 16.6. The number of rotatable bonds is 6. The van der Waals surface area contributed by atoms with Crippen LogP contribution >= 0.6 is 0 Å². The molecule has 0 amide bonds. The van der Waals surface area contributed by atoms with Gasteiger partial charge >= 0.3 is 0 Å². The zero-order valence-electron chi connectivity index (χ0n) is 17.2. The number of nitrogens with zero attached hydrogens (tertiary/aromatic N) is 2. The van der Waals surface area contributed by atoms with E-state index >= 15 is 0 Å². The van der Waals surface area contributed by atoms with Crippen molar-refractivity contribution in [2.45, 2.75) is 104 Å². The SMILES string of the molecule is CCCCC1=NOC2CC(C)CC12.CCCCC1=NOC2CC(C)CC12. The van der Waals surface area contributed by atoms with E-state index in [-0.39, 0.29) is 0 Å². The fourth-order valence-corrected chi connectivity index (χ4v) is 5.00. The van der Waals surface area contributed by atoms with Crippen LogP contribution in [0.25, 0.3) is 0 Å². The third kappa shape index (κ3) is 4.61. The normalized spacial score (nSPS) is 37.1. The highest BCUT2D eigenvalue weighted by molar-refractivity contribution is 5.88. The second-order valence-electron chi connectivity index (χ2n) is 9.03. The minimum Gasteiger partial charge on any atom is -0.392 e. The molecule has 0 bridgehead atoms. The van der Waals surface area contributed by atoms with E-state index in [4.69, 9.17) is 9.68 Å². The molecule has 0 aromatic rings. The van der Waals surface area contributed by atoms with Gasteiger partial charge in [0.15, 0.2) is 0 Å². The Bertz CT molecular complexity index is 470. The van der Waals surface area contributed by atoms with E-state index in [1.165, 1.54) is 62.8 Å². The maximum absolute atomic E-state index is 5.44. The fraction of sp³-hybridized carbons (Fsp3) is 0.909. The topological polar surface area (TPSA) is 43.2 Å². The zero-order valence-corrected chi connectivity index (χ0v) is 17.2. The van der Waals surface area contributed by atoms with Crippen molar-refractivity contribution in [3.05, 3.63) is 0 Å². The average Bonchev–Trinajstić information content (AvgIpc) is 3.34. The van der Waals surface area contributed by atoms with Gasteiger partial charge in [0.05, 0.1) is 11.4 Å². The highest BCUT2D eigenvalue weighted by Gasteiger charge is 2.41. The molecule has 0 aromatic carbocycles. The summed E-state index contributed by atoms with van der Waals surface area (Å²) < 4.78 is 0. The molecule has 0 aromatic heterocycles. The molecule has 0 N–H and O–H groups in total. The van der Waals surface area contributed by atoms with E-state index in [2.05, 4.69) is 38.0 Å². The molecular weight excluding hydrogens is 324 g/mol. The van der Waals surface area contributed by atoms with Gasteiger partial charge in [-0.05, 0) is 63.2 Å². The van der Waals surface area contributed by atoms with Crippen LogP contribution in [0, 0.1) is 23.7 Å². The number of oxime groups is 2. The maximum Gasteiger partial charge on any atom is 0.135 e. The van der Waals surface area contributed by atoms with Crippen molar-refractivity contribution in [2.24, 2.45) is 34.0 Å². The van der Waals surface area contributed by atoms with Crippen LogP contribution in [0.2, 0.25) is 0 Å². The first-order valence-corrected chi connectivity index (χ1v) is 11.1. The van der Waals surface area contributed by atoms with Crippen molar-refractivity contribution in [1.29, 1.82) is 0 Å². The van der Waals surface area contributed by atoms with Crippen LogP contribution in [0.4, 0.5) is 0 Å². The van der Waals surface area contributed by atoms with Gasteiger partial charge in [-0.2, -0.15) is 0 Å². The van der Waals surface area contributed by atoms with Crippen LogP contribution in [0.15, 0.2) is 10.3 Å². The Balaban J connectivity index is 0.000000151. The van der Waals surface area contributed by atoms with Gasteiger partial charge in [0, 0.05) is 11.8 Å². The van der Waals surface area contributed by atoms with Crippen LogP contribution in [0.1, 0.15) is 91.9 Å². The van der Waals surface area contributed by atoms with Crippen molar-refractivity contribution in [3.63, 3.8) is 0 Å². The molecule has 2 aliphatic heterocycles. The van der Waals surface area contributed by atoms with E-state index in [9.17, 15) is 0 Å². The summed E-state index contributed by atoms with van der Waals surface area (Å²) in [5.41, 5.74) is 2.69. The summed E-state index contributed by atoms with van der Waals surface area (Å²) in [6, 6.07) is 0. The van der Waals surface area contributed by atoms with Crippen molar-refractivity contribution < 1.29 is 9.68 Å². The van der Waals surface area contributed by atoms with Crippen LogP contribution < -0.4 is 0 Å². The molecule has 26 heavy (non-hydrogen) atoms. The highest BCUT2D eigenvalue weighted by Crippen LogP contribution is 2.39. The molecule has 2 fully saturated rings. The second kappa shape index (κ2) is 9.23. The molecule has 0 saturated heterocycles. The van der Waals surface area contributed by atoms with E-state index in [1.54, 1.807) is 0 Å². The molecule has 4 rings (SSSR count). The fourth-order valence-electron chi connectivity index (χ4n) is 5.00. The molecule has 0 radical (unpaired) electrons. The third-order valence-corrected chi connectivity index (χ3v) is 6.52. The first-order valence-electron chi connectivity index (χ1n) is 11.1. The Morgan fingerprint density at radius 3 is 1.54 bits per heavy atom. The number of hydrogen-bond acceptors (Lipinski definition) is 4.